The fraction of sp³-hybridized carbons (Fsp3) is 0.471. The molecule has 0 aromatic carbocycles. The third-order valence-electron chi connectivity index (χ3n) is 3.43. The molecule has 1 saturated heterocycles. The Morgan fingerprint density at radius 2 is 2.05 bits per heavy atom. The summed E-state index contributed by atoms with van der Waals surface area (Å²) < 4.78 is 5.38. The maximum atomic E-state index is 12.0. The number of pyridine rings is 1. The number of amides is 1. The number of hydrogen-bond donors (Lipinski definition) is 0. The van der Waals surface area contributed by atoms with E-state index in [1.165, 1.54) is 0 Å². The molecular formula is C17H21N3O2. The van der Waals surface area contributed by atoms with Crippen LogP contribution in [0, 0.1) is 11.3 Å². The maximum Gasteiger partial charge on any atom is 0.410 e. The second kappa shape index (κ2) is 6.61. The molecule has 2 heterocycles. The van der Waals surface area contributed by atoms with Gasteiger partial charge in [0.25, 0.3) is 0 Å². The number of carbonyl (C=O) groups is 1. The van der Waals surface area contributed by atoms with E-state index in [2.05, 4.69) is 11.1 Å². The van der Waals surface area contributed by atoms with E-state index < -0.39 is 5.60 Å². The molecule has 22 heavy (non-hydrogen) atoms. The van der Waals surface area contributed by atoms with E-state index in [0.717, 1.165) is 11.1 Å². The Hall–Kier alpha value is -2.35. The van der Waals surface area contributed by atoms with Gasteiger partial charge in [-0.05, 0) is 45.3 Å². The molecule has 1 aromatic rings. The van der Waals surface area contributed by atoms with Gasteiger partial charge in [0.2, 0.25) is 0 Å². The van der Waals surface area contributed by atoms with Crippen molar-refractivity contribution >= 4 is 11.7 Å². The van der Waals surface area contributed by atoms with E-state index >= 15 is 0 Å². The van der Waals surface area contributed by atoms with Crippen LogP contribution in [-0.4, -0.2) is 34.7 Å². The van der Waals surface area contributed by atoms with Gasteiger partial charge in [-0.15, -0.1) is 0 Å². The van der Waals surface area contributed by atoms with Crippen molar-refractivity contribution in [3.8, 4) is 6.07 Å². The van der Waals surface area contributed by atoms with Gasteiger partial charge < -0.3 is 9.64 Å². The van der Waals surface area contributed by atoms with Crippen LogP contribution in [0.2, 0.25) is 0 Å². The Bertz CT molecular complexity index is 599. The average molecular weight is 299 g/mol. The first kappa shape index (κ1) is 16.0. The average Bonchev–Trinajstić information content (AvgIpc) is 2.48. The third-order valence-corrected chi connectivity index (χ3v) is 3.43. The molecule has 1 amide bonds. The smallest absolute Gasteiger partial charge is 0.410 e. The van der Waals surface area contributed by atoms with E-state index in [9.17, 15) is 10.1 Å². The van der Waals surface area contributed by atoms with Gasteiger partial charge in [0, 0.05) is 31.0 Å². The van der Waals surface area contributed by atoms with Crippen LogP contribution in [0.15, 0.2) is 30.1 Å². The quantitative estimate of drug-likeness (QED) is 0.745. The highest BCUT2D eigenvalue weighted by Gasteiger charge is 2.25. The molecule has 1 aromatic heterocycles. The van der Waals surface area contributed by atoms with E-state index in [-0.39, 0.29) is 6.09 Å². The minimum atomic E-state index is -0.485. The van der Waals surface area contributed by atoms with Gasteiger partial charge >= 0.3 is 6.09 Å². The molecule has 0 radical (unpaired) electrons. The Kier molecular flexibility index (Phi) is 4.81. The van der Waals surface area contributed by atoms with Crippen LogP contribution in [-0.2, 0) is 4.74 Å². The maximum absolute atomic E-state index is 12.0. The van der Waals surface area contributed by atoms with E-state index in [1.807, 2.05) is 32.9 Å². The zero-order chi connectivity index (χ0) is 16.2. The monoisotopic (exact) mass is 299 g/mol. The van der Waals surface area contributed by atoms with Crippen molar-refractivity contribution in [2.45, 2.75) is 39.2 Å². The first-order chi connectivity index (χ1) is 10.4. The van der Waals surface area contributed by atoms with Gasteiger partial charge in [-0.25, -0.2) is 4.79 Å². The zero-order valence-electron chi connectivity index (χ0n) is 13.3. The fourth-order valence-corrected chi connectivity index (χ4v) is 2.39. The zero-order valence-corrected chi connectivity index (χ0v) is 13.3. The molecular weight excluding hydrogens is 278 g/mol. The van der Waals surface area contributed by atoms with E-state index in [0.29, 0.717) is 31.5 Å². The van der Waals surface area contributed by atoms with Crippen molar-refractivity contribution < 1.29 is 9.53 Å². The lowest BCUT2D eigenvalue weighted by Gasteiger charge is -2.31. The molecule has 0 atom stereocenters. The number of carbonyl (C=O) groups excluding carboxylic acids is 1. The van der Waals surface area contributed by atoms with Crippen LogP contribution in [0.1, 0.15) is 39.2 Å². The lowest BCUT2D eigenvalue weighted by atomic mass is 9.95. The summed E-state index contributed by atoms with van der Waals surface area (Å²) in [6.45, 7) is 6.73. The van der Waals surface area contributed by atoms with Crippen molar-refractivity contribution in [2.24, 2.45) is 0 Å². The number of allylic oxidation sites excluding steroid dienone is 1. The summed E-state index contributed by atoms with van der Waals surface area (Å²) in [7, 11) is 0. The van der Waals surface area contributed by atoms with E-state index in [4.69, 9.17) is 4.74 Å². The van der Waals surface area contributed by atoms with Crippen molar-refractivity contribution in [1.82, 2.24) is 9.88 Å². The lowest BCUT2D eigenvalue weighted by Crippen LogP contribution is -2.40. The third kappa shape index (κ3) is 4.08. The largest absolute Gasteiger partial charge is 0.444 e. The van der Waals surface area contributed by atoms with Crippen molar-refractivity contribution in [3.63, 3.8) is 0 Å². The number of hydrogen-bond acceptors (Lipinski definition) is 4. The second-order valence-corrected chi connectivity index (χ2v) is 6.30. The molecule has 1 aliphatic heterocycles. The standard InChI is InChI=1S/C17H21N3O2/c1-17(2,3)22-16(21)20-9-6-13(7-10-20)15(11-18)14-5-4-8-19-12-14/h4-5,8,12H,6-7,9-10H2,1-3H3. The molecule has 0 bridgehead atoms. The van der Waals surface area contributed by atoms with Crippen LogP contribution >= 0.6 is 0 Å². The number of likely N-dealkylation sites (tertiary alicyclic amines) is 1. The Labute approximate surface area is 131 Å². The van der Waals surface area contributed by atoms with Crippen molar-refractivity contribution in [1.29, 1.82) is 5.26 Å². The van der Waals surface area contributed by atoms with Crippen LogP contribution < -0.4 is 0 Å². The van der Waals surface area contributed by atoms with Gasteiger partial charge in [0.05, 0.1) is 11.6 Å². The first-order valence-electron chi connectivity index (χ1n) is 7.41. The summed E-state index contributed by atoms with van der Waals surface area (Å²) in [5.41, 5.74) is 2.11. The Balaban J connectivity index is 2.06. The fourth-order valence-electron chi connectivity index (χ4n) is 2.39. The molecule has 0 spiro atoms. The number of nitriles is 1. The van der Waals surface area contributed by atoms with Crippen LogP contribution in [0.4, 0.5) is 4.79 Å². The molecule has 1 aliphatic rings. The SMILES string of the molecule is CC(C)(C)OC(=O)N1CCC(=C(C#N)c2cccnc2)CC1. The summed E-state index contributed by atoms with van der Waals surface area (Å²) >= 11 is 0. The van der Waals surface area contributed by atoms with Crippen LogP contribution in [0.5, 0.6) is 0 Å². The van der Waals surface area contributed by atoms with Gasteiger partial charge in [0.1, 0.15) is 5.60 Å². The van der Waals surface area contributed by atoms with Crippen LogP contribution in [0.25, 0.3) is 5.57 Å². The Morgan fingerprint density at radius 3 is 2.55 bits per heavy atom. The van der Waals surface area contributed by atoms with E-state index in [1.54, 1.807) is 17.3 Å². The van der Waals surface area contributed by atoms with Crippen molar-refractivity contribution in [2.75, 3.05) is 13.1 Å². The summed E-state index contributed by atoms with van der Waals surface area (Å²) in [6.07, 6.45) is 4.49. The predicted octanol–water partition coefficient (Wildman–Crippen LogP) is 3.39. The lowest BCUT2D eigenvalue weighted by molar-refractivity contribution is 0.0236. The minimum absolute atomic E-state index is 0.286. The number of piperidine rings is 1. The Morgan fingerprint density at radius 1 is 1.36 bits per heavy atom. The highest BCUT2D eigenvalue weighted by Crippen LogP contribution is 2.26. The predicted molar refractivity (Wildman–Crippen MR) is 83.8 cm³/mol. The highest BCUT2D eigenvalue weighted by molar-refractivity contribution is 5.79. The number of rotatable bonds is 1. The topological polar surface area (TPSA) is 66.2 Å². The second-order valence-electron chi connectivity index (χ2n) is 6.30. The molecule has 1 fully saturated rings. The molecule has 5 heteroatoms. The normalized spacial score (nSPS) is 15.2. The molecule has 5 nitrogen and oxygen atoms in total. The van der Waals surface area contributed by atoms with Gasteiger partial charge in [-0.1, -0.05) is 6.07 Å². The van der Waals surface area contributed by atoms with Gasteiger partial charge in [0.15, 0.2) is 0 Å². The number of aromatic nitrogens is 1. The number of nitrogens with zero attached hydrogens (tertiary/aromatic N) is 3. The summed E-state index contributed by atoms with van der Waals surface area (Å²) in [5.74, 6) is 0. The molecule has 0 saturated carbocycles. The highest BCUT2D eigenvalue weighted by atomic mass is 16.6. The summed E-state index contributed by atoms with van der Waals surface area (Å²) in [5, 5.41) is 9.42. The molecule has 0 unspecified atom stereocenters. The number of ether oxygens (including phenoxy) is 1. The first-order valence-corrected chi connectivity index (χ1v) is 7.41. The minimum Gasteiger partial charge on any atom is -0.444 e. The van der Waals surface area contributed by atoms with Gasteiger partial charge in [-0.3, -0.25) is 4.98 Å². The summed E-state index contributed by atoms with van der Waals surface area (Å²) in [4.78, 5) is 17.8. The molecule has 2 rings (SSSR count). The van der Waals surface area contributed by atoms with Crippen LogP contribution in [0.3, 0.4) is 0 Å². The molecule has 0 N–H and O–H groups in total. The summed E-state index contributed by atoms with van der Waals surface area (Å²) in [6, 6.07) is 5.99. The molecule has 0 aliphatic carbocycles. The molecule has 116 valence electrons. The van der Waals surface area contributed by atoms with Crippen molar-refractivity contribution in [3.05, 3.63) is 35.7 Å². The van der Waals surface area contributed by atoms with Gasteiger partial charge in [-0.2, -0.15) is 5.26 Å².